The topological polar surface area (TPSA) is 83.7 Å². The Kier molecular flexibility index (Phi) is 4.34. The molecule has 0 bridgehead atoms. The van der Waals surface area contributed by atoms with Crippen LogP contribution in [0.3, 0.4) is 0 Å². The average molecular weight is 278 g/mol. The van der Waals surface area contributed by atoms with E-state index in [1.807, 2.05) is 0 Å². The van der Waals surface area contributed by atoms with E-state index in [9.17, 15) is 20.0 Å². The number of carbonyl (C=O) groups excluding carboxylic acids is 1. The third kappa shape index (κ3) is 2.80. The van der Waals surface area contributed by atoms with Gasteiger partial charge in [-0.15, -0.1) is 0 Å². The third-order valence-electron chi connectivity index (χ3n) is 3.75. The molecule has 1 atom stereocenters. The van der Waals surface area contributed by atoms with Crippen molar-refractivity contribution in [1.29, 1.82) is 0 Å². The van der Waals surface area contributed by atoms with E-state index < -0.39 is 4.92 Å². The van der Waals surface area contributed by atoms with Crippen molar-refractivity contribution in [2.75, 3.05) is 13.2 Å². The van der Waals surface area contributed by atoms with Crippen molar-refractivity contribution in [3.05, 3.63) is 39.4 Å². The minimum Gasteiger partial charge on any atom is -0.394 e. The first-order valence-corrected chi connectivity index (χ1v) is 6.71. The fourth-order valence-corrected chi connectivity index (χ4v) is 2.61. The van der Waals surface area contributed by atoms with Gasteiger partial charge in [-0.1, -0.05) is 0 Å². The van der Waals surface area contributed by atoms with Crippen LogP contribution in [0.2, 0.25) is 0 Å². The smallest absolute Gasteiger partial charge is 0.269 e. The zero-order valence-corrected chi connectivity index (χ0v) is 11.4. The Bertz CT molecular complexity index is 530. The van der Waals surface area contributed by atoms with Crippen LogP contribution in [0.25, 0.3) is 0 Å². The number of likely N-dealkylation sites (tertiary alicyclic amines) is 1. The maximum Gasteiger partial charge on any atom is 0.269 e. The van der Waals surface area contributed by atoms with Crippen molar-refractivity contribution in [2.45, 2.75) is 32.2 Å². The number of aryl methyl sites for hydroxylation is 1. The summed E-state index contributed by atoms with van der Waals surface area (Å²) in [6.07, 6.45) is 2.73. The summed E-state index contributed by atoms with van der Waals surface area (Å²) in [5.41, 5.74) is 1.04. The van der Waals surface area contributed by atoms with Crippen LogP contribution in [0.15, 0.2) is 18.2 Å². The fourth-order valence-electron chi connectivity index (χ4n) is 2.61. The number of nitro benzene ring substituents is 1. The van der Waals surface area contributed by atoms with Gasteiger partial charge in [-0.2, -0.15) is 0 Å². The molecule has 6 nitrogen and oxygen atoms in total. The van der Waals surface area contributed by atoms with E-state index >= 15 is 0 Å². The Morgan fingerprint density at radius 3 is 2.85 bits per heavy atom. The SMILES string of the molecule is Cc1cc([N+](=O)[O-])ccc1C(=O)N1CCCCC1CO. The molecular formula is C14H18N2O4. The molecule has 6 heteroatoms. The summed E-state index contributed by atoms with van der Waals surface area (Å²) in [5, 5.41) is 20.1. The summed E-state index contributed by atoms with van der Waals surface area (Å²) in [6, 6.07) is 4.10. The van der Waals surface area contributed by atoms with E-state index in [2.05, 4.69) is 0 Å². The Morgan fingerprint density at radius 2 is 2.25 bits per heavy atom. The number of rotatable bonds is 3. The van der Waals surface area contributed by atoms with Crippen LogP contribution in [-0.4, -0.2) is 40.0 Å². The molecule has 1 heterocycles. The Hall–Kier alpha value is -1.95. The highest BCUT2D eigenvalue weighted by Gasteiger charge is 2.28. The van der Waals surface area contributed by atoms with E-state index in [0.29, 0.717) is 17.7 Å². The van der Waals surface area contributed by atoms with E-state index in [-0.39, 0.29) is 24.2 Å². The number of nitrogens with zero attached hydrogens (tertiary/aromatic N) is 2. The molecule has 1 aromatic carbocycles. The van der Waals surface area contributed by atoms with Crippen molar-refractivity contribution in [1.82, 2.24) is 4.90 Å². The summed E-state index contributed by atoms with van der Waals surface area (Å²) in [4.78, 5) is 24.4. The van der Waals surface area contributed by atoms with Crippen molar-refractivity contribution in [3.63, 3.8) is 0 Å². The van der Waals surface area contributed by atoms with Crippen LogP contribution >= 0.6 is 0 Å². The zero-order chi connectivity index (χ0) is 14.7. The predicted octanol–water partition coefficient (Wildman–Crippen LogP) is 1.89. The summed E-state index contributed by atoms with van der Waals surface area (Å²) in [5.74, 6) is -0.156. The summed E-state index contributed by atoms with van der Waals surface area (Å²) < 4.78 is 0. The van der Waals surface area contributed by atoms with Crippen LogP contribution in [0.4, 0.5) is 5.69 Å². The molecule has 1 unspecified atom stereocenters. The minimum absolute atomic E-state index is 0.0172. The number of non-ortho nitro benzene ring substituents is 1. The van der Waals surface area contributed by atoms with Gasteiger partial charge in [-0.3, -0.25) is 14.9 Å². The molecule has 1 saturated heterocycles. The van der Waals surface area contributed by atoms with Gasteiger partial charge in [0.1, 0.15) is 0 Å². The van der Waals surface area contributed by atoms with Gasteiger partial charge in [0, 0.05) is 24.2 Å². The molecule has 1 amide bonds. The second kappa shape index (κ2) is 6.00. The first-order valence-electron chi connectivity index (χ1n) is 6.71. The number of carbonyl (C=O) groups is 1. The van der Waals surface area contributed by atoms with E-state index in [1.165, 1.54) is 18.2 Å². The lowest BCUT2D eigenvalue weighted by atomic mass is 10.00. The molecule has 2 rings (SSSR count). The first-order chi connectivity index (χ1) is 9.54. The number of hydrogen-bond acceptors (Lipinski definition) is 4. The van der Waals surface area contributed by atoms with Crippen LogP contribution in [0, 0.1) is 17.0 Å². The molecule has 20 heavy (non-hydrogen) atoms. The van der Waals surface area contributed by atoms with Crippen molar-refractivity contribution < 1.29 is 14.8 Å². The number of benzene rings is 1. The second-order valence-corrected chi connectivity index (χ2v) is 5.09. The van der Waals surface area contributed by atoms with Gasteiger partial charge in [0.25, 0.3) is 11.6 Å². The molecule has 1 fully saturated rings. The number of nitro groups is 1. The normalized spacial score (nSPS) is 18.9. The fraction of sp³-hybridized carbons (Fsp3) is 0.500. The molecule has 1 aliphatic heterocycles. The van der Waals surface area contributed by atoms with Gasteiger partial charge in [0.15, 0.2) is 0 Å². The summed E-state index contributed by atoms with van der Waals surface area (Å²) in [6.45, 7) is 2.27. The molecule has 1 aromatic rings. The molecule has 0 spiro atoms. The van der Waals surface area contributed by atoms with Crippen molar-refractivity contribution in [2.24, 2.45) is 0 Å². The van der Waals surface area contributed by atoms with Gasteiger partial charge in [-0.05, 0) is 37.8 Å². The second-order valence-electron chi connectivity index (χ2n) is 5.09. The lowest BCUT2D eigenvalue weighted by Crippen LogP contribution is -2.45. The number of piperidine rings is 1. The van der Waals surface area contributed by atoms with Gasteiger partial charge < -0.3 is 10.0 Å². The van der Waals surface area contributed by atoms with Crippen LogP contribution in [0.5, 0.6) is 0 Å². The Balaban J connectivity index is 2.26. The molecule has 0 saturated carbocycles. The average Bonchev–Trinajstić information content (AvgIpc) is 2.46. The molecular weight excluding hydrogens is 260 g/mol. The lowest BCUT2D eigenvalue weighted by molar-refractivity contribution is -0.384. The quantitative estimate of drug-likeness (QED) is 0.676. The zero-order valence-electron chi connectivity index (χ0n) is 11.4. The Labute approximate surface area is 117 Å². The number of aliphatic hydroxyl groups is 1. The molecule has 108 valence electrons. The molecule has 0 aliphatic carbocycles. The monoisotopic (exact) mass is 278 g/mol. The third-order valence-corrected chi connectivity index (χ3v) is 3.75. The van der Waals surface area contributed by atoms with E-state index in [1.54, 1.807) is 11.8 Å². The van der Waals surface area contributed by atoms with Crippen LogP contribution < -0.4 is 0 Å². The lowest BCUT2D eigenvalue weighted by Gasteiger charge is -2.35. The largest absolute Gasteiger partial charge is 0.394 e. The van der Waals surface area contributed by atoms with Crippen LogP contribution in [-0.2, 0) is 0 Å². The van der Waals surface area contributed by atoms with E-state index in [0.717, 1.165) is 19.3 Å². The molecule has 1 aliphatic rings. The van der Waals surface area contributed by atoms with Gasteiger partial charge in [-0.25, -0.2) is 0 Å². The highest BCUT2D eigenvalue weighted by atomic mass is 16.6. The Morgan fingerprint density at radius 1 is 1.50 bits per heavy atom. The molecule has 0 aromatic heterocycles. The first kappa shape index (κ1) is 14.5. The van der Waals surface area contributed by atoms with Crippen LogP contribution in [0.1, 0.15) is 35.2 Å². The predicted molar refractivity (Wildman–Crippen MR) is 73.6 cm³/mol. The maximum atomic E-state index is 12.5. The maximum absolute atomic E-state index is 12.5. The van der Waals surface area contributed by atoms with Crippen molar-refractivity contribution >= 4 is 11.6 Å². The minimum atomic E-state index is -0.474. The van der Waals surface area contributed by atoms with Gasteiger partial charge in [0.2, 0.25) is 0 Å². The number of amides is 1. The highest BCUT2D eigenvalue weighted by molar-refractivity contribution is 5.96. The summed E-state index contributed by atoms with van der Waals surface area (Å²) >= 11 is 0. The van der Waals surface area contributed by atoms with Gasteiger partial charge in [0.05, 0.1) is 17.6 Å². The summed E-state index contributed by atoms with van der Waals surface area (Å²) in [7, 11) is 0. The van der Waals surface area contributed by atoms with E-state index in [4.69, 9.17) is 0 Å². The number of hydrogen-bond donors (Lipinski definition) is 1. The van der Waals surface area contributed by atoms with Crippen molar-refractivity contribution in [3.8, 4) is 0 Å². The standard InChI is InChI=1S/C14H18N2O4/c1-10-8-11(16(19)20)5-6-13(10)14(18)15-7-3-2-4-12(15)9-17/h5-6,8,12,17H,2-4,7,9H2,1H3. The molecule has 1 N–H and O–H groups in total. The number of aliphatic hydroxyl groups excluding tert-OH is 1. The highest BCUT2D eigenvalue weighted by Crippen LogP contribution is 2.23. The van der Waals surface area contributed by atoms with Gasteiger partial charge >= 0.3 is 0 Å². The molecule has 0 radical (unpaired) electrons.